The van der Waals surface area contributed by atoms with Gasteiger partial charge in [0.25, 0.3) is 0 Å². The van der Waals surface area contributed by atoms with Crippen molar-refractivity contribution in [3.8, 4) is 0 Å². The van der Waals surface area contributed by atoms with Gasteiger partial charge in [-0.3, -0.25) is 14.5 Å². The maximum Gasteiger partial charge on any atom is 0.244 e. The fourth-order valence-electron chi connectivity index (χ4n) is 2.51. The van der Waals surface area contributed by atoms with Crippen LogP contribution in [-0.4, -0.2) is 45.3 Å². The van der Waals surface area contributed by atoms with Crippen LogP contribution in [0.2, 0.25) is 5.02 Å². The number of amides is 1. The molecule has 0 spiro atoms. The fourth-order valence-corrected chi connectivity index (χ4v) is 2.66. The molecule has 1 fully saturated rings. The summed E-state index contributed by atoms with van der Waals surface area (Å²) in [4.78, 5) is 18.4. The number of morpholine rings is 1. The van der Waals surface area contributed by atoms with Gasteiger partial charge in [0.05, 0.1) is 24.4 Å². The molecule has 2 aromatic heterocycles. The number of hydrogen-bond donors (Lipinski definition) is 0. The number of carbonyl (C=O) groups is 1. The highest BCUT2D eigenvalue weighted by Crippen LogP contribution is 2.22. The molecule has 0 radical (unpaired) electrons. The molecule has 1 saturated heterocycles. The molecule has 1 atom stereocenters. The van der Waals surface area contributed by atoms with Gasteiger partial charge < -0.3 is 9.64 Å². The van der Waals surface area contributed by atoms with Gasteiger partial charge in [0.2, 0.25) is 5.91 Å². The number of aryl methyl sites for hydroxylation is 1. The van der Waals surface area contributed by atoms with Crippen molar-refractivity contribution in [3.05, 3.63) is 47.0 Å². The first-order chi connectivity index (χ1) is 10.6. The van der Waals surface area contributed by atoms with E-state index in [9.17, 15) is 4.79 Å². The van der Waals surface area contributed by atoms with E-state index in [-0.39, 0.29) is 18.6 Å². The molecule has 1 amide bonds. The molecule has 2 aromatic rings. The summed E-state index contributed by atoms with van der Waals surface area (Å²) in [6, 6.07) is 3.92. The number of halogens is 1. The van der Waals surface area contributed by atoms with Crippen LogP contribution in [0, 0.1) is 6.92 Å². The van der Waals surface area contributed by atoms with Crippen LogP contribution < -0.4 is 0 Å². The summed E-state index contributed by atoms with van der Waals surface area (Å²) in [5.74, 6) is 0.0128. The Labute approximate surface area is 133 Å². The maximum atomic E-state index is 12.4. The normalized spacial score (nSPS) is 18.5. The Balaban J connectivity index is 1.66. The van der Waals surface area contributed by atoms with Gasteiger partial charge in [0.15, 0.2) is 0 Å². The molecule has 1 aliphatic heterocycles. The molecule has 0 aliphatic carbocycles. The lowest BCUT2D eigenvalue weighted by atomic mass is 10.1. The quantitative estimate of drug-likeness (QED) is 0.866. The van der Waals surface area contributed by atoms with Gasteiger partial charge in [-0.15, -0.1) is 0 Å². The van der Waals surface area contributed by atoms with Crippen molar-refractivity contribution in [2.75, 3.05) is 19.7 Å². The van der Waals surface area contributed by atoms with E-state index in [2.05, 4.69) is 10.1 Å². The second kappa shape index (κ2) is 6.46. The van der Waals surface area contributed by atoms with Gasteiger partial charge in [-0.25, -0.2) is 0 Å². The lowest BCUT2D eigenvalue weighted by Crippen LogP contribution is -2.43. The minimum absolute atomic E-state index is 0.0128. The van der Waals surface area contributed by atoms with Crippen LogP contribution in [0.5, 0.6) is 0 Å². The third kappa shape index (κ3) is 3.45. The van der Waals surface area contributed by atoms with Gasteiger partial charge in [-0.05, 0) is 24.6 Å². The maximum absolute atomic E-state index is 12.4. The Hall–Kier alpha value is -1.92. The third-order valence-corrected chi connectivity index (χ3v) is 3.81. The fraction of sp³-hybridized carbons (Fsp3) is 0.400. The topological polar surface area (TPSA) is 60.2 Å². The van der Waals surface area contributed by atoms with E-state index in [0.717, 1.165) is 11.3 Å². The number of hydrogen-bond acceptors (Lipinski definition) is 4. The average molecular weight is 321 g/mol. The van der Waals surface area contributed by atoms with Crippen molar-refractivity contribution < 1.29 is 9.53 Å². The summed E-state index contributed by atoms with van der Waals surface area (Å²) in [5.41, 5.74) is 1.99. The summed E-state index contributed by atoms with van der Waals surface area (Å²) in [5, 5.41) is 4.56. The number of aromatic nitrogens is 3. The number of pyridine rings is 1. The molecular weight excluding hydrogens is 304 g/mol. The molecule has 0 bridgehead atoms. The van der Waals surface area contributed by atoms with E-state index in [0.29, 0.717) is 24.7 Å². The monoisotopic (exact) mass is 320 g/mol. The minimum Gasteiger partial charge on any atom is -0.370 e. The molecule has 0 N–H and O–H groups in total. The minimum atomic E-state index is -0.111. The van der Waals surface area contributed by atoms with Crippen molar-refractivity contribution in [2.45, 2.75) is 19.6 Å². The molecule has 116 valence electrons. The lowest BCUT2D eigenvalue weighted by molar-refractivity contribution is -0.139. The standard InChI is InChI=1S/C15H17ClN4O2/c1-11-6-12(2-3-17-11)14-9-19(4-5-22-14)15(21)10-20-8-13(16)7-18-20/h2-3,6-8,14H,4-5,9-10H2,1H3/t14-/m0/s1. The van der Waals surface area contributed by atoms with Gasteiger partial charge in [0.1, 0.15) is 12.6 Å². The molecular formula is C15H17ClN4O2. The Bertz CT molecular complexity index is 673. The highest BCUT2D eigenvalue weighted by Gasteiger charge is 2.25. The zero-order valence-electron chi connectivity index (χ0n) is 12.3. The van der Waals surface area contributed by atoms with E-state index in [1.807, 2.05) is 19.1 Å². The van der Waals surface area contributed by atoms with Crippen LogP contribution in [0.15, 0.2) is 30.7 Å². The van der Waals surface area contributed by atoms with Gasteiger partial charge >= 0.3 is 0 Å². The molecule has 0 aromatic carbocycles. The highest BCUT2D eigenvalue weighted by atomic mass is 35.5. The van der Waals surface area contributed by atoms with Crippen LogP contribution in [0.3, 0.4) is 0 Å². The van der Waals surface area contributed by atoms with E-state index >= 15 is 0 Å². The van der Waals surface area contributed by atoms with Crippen LogP contribution >= 0.6 is 11.6 Å². The summed E-state index contributed by atoms with van der Waals surface area (Å²) >= 11 is 5.81. The third-order valence-electron chi connectivity index (χ3n) is 3.61. The van der Waals surface area contributed by atoms with Crippen molar-refractivity contribution in [2.24, 2.45) is 0 Å². The molecule has 7 heteroatoms. The first-order valence-electron chi connectivity index (χ1n) is 7.12. The molecule has 3 rings (SSSR count). The number of nitrogens with zero attached hydrogens (tertiary/aromatic N) is 4. The van der Waals surface area contributed by atoms with E-state index in [1.165, 1.54) is 6.20 Å². The zero-order valence-corrected chi connectivity index (χ0v) is 13.0. The van der Waals surface area contributed by atoms with Crippen molar-refractivity contribution in [3.63, 3.8) is 0 Å². The van der Waals surface area contributed by atoms with Crippen LogP contribution in [0.4, 0.5) is 0 Å². The summed E-state index contributed by atoms with van der Waals surface area (Å²) in [6.07, 6.45) is 4.82. The summed E-state index contributed by atoms with van der Waals surface area (Å²) in [6.45, 7) is 3.79. The number of rotatable bonds is 3. The smallest absolute Gasteiger partial charge is 0.244 e. The molecule has 0 saturated carbocycles. The largest absolute Gasteiger partial charge is 0.370 e. The molecule has 3 heterocycles. The second-order valence-electron chi connectivity index (χ2n) is 5.29. The van der Waals surface area contributed by atoms with Crippen molar-refractivity contribution in [1.82, 2.24) is 19.7 Å². The molecule has 1 aliphatic rings. The van der Waals surface area contributed by atoms with Crippen LogP contribution in [-0.2, 0) is 16.1 Å². The summed E-state index contributed by atoms with van der Waals surface area (Å²) in [7, 11) is 0. The van der Waals surface area contributed by atoms with Gasteiger partial charge in [-0.2, -0.15) is 5.10 Å². The predicted octanol–water partition coefficient (Wildman–Crippen LogP) is 1.84. The molecule has 6 nitrogen and oxygen atoms in total. The second-order valence-corrected chi connectivity index (χ2v) is 5.72. The van der Waals surface area contributed by atoms with Gasteiger partial charge in [0, 0.05) is 24.6 Å². The number of ether oxygens (including phenoxy) is 1. The van der Waals surface area contributed by atoms with Crippen molar-refractivity contribution in [1.29, 1.82) is 0 Å². The van der Waals surface area contributed by atoms with E-state index in [1.54, 1.807) is 22.0 Å². The SMILES string of the molecule is Cc1cc([C@@H]2CN(C(=O)Cn3cc(Cl)cn3)CCO2)ccn1. The zero-order chi connectivity index (χ0) is 15.5. The molecule has 0 unspecified atom stereocenters. The van der Waals surface area contributed by atoms with E-state index in [4.69, 9.17) is 16.3 Å². The van der Waals surface area contributed by atoms with Crippen LogP contribution in [0.25, 0.3) is 0 Å². The van der Waals surface area contributed by atoms with Gasteiger partial charge in [-0.1, -0.05) is 11.6 Å². The first kappa shape index (κ1) is 15.0. The summed E-state index contributed by atoms with van der Waals surface area (Å²) < 4.78 is 7.34. The Kier molecular flexibility index (Phi) is 4.40. The predicted molar refractivity (Wildman–Crippen MR) is 81.5 cm³/mol. The number of carbonyl (C=O) groups excluding carboxylic acids is 1. The van der Waals surface area contributed by atoms with Crippen LogP contribution in [0.1, 0.15) is 17.4 Å². The Morgan fingerprint density at radius 2 is 2.41 bits per heavy atom. The lowest BCUT2D eigenvalue weighted by Gasteiger charge is -2.33. The Morgan fingerprint density at radius 3 is 3.14 bits per heavy atom. The first-order valence-corrected chi connectivity index (χ1v) is 7.49. The average Bonchev–Trinajstić information content (AvgIpc) is 2.92. The Morgan fingerprint density at radius 1 is 1.55 bits per heavy atom. The molecule has 22 heavy (non-hydrogen) atoms. The highest BCUT2D eigenvalue weighted by molar-refractivity contribution is 6.30. The van der Waals surface area contributed by atoms with Crippen molar-refractivity contribution >= 4 is 17.5 Å². The van der Waals surface area contributed by atoms with E-state index < -0.39 is 0 Å².